The number of benzene rings is 1. The fourth-order valence-electron chi connectivity index (χ4n) is 2.32. The van der Waals surface area contributed by atoms with Gasteiger partial charge in [0, 0.05) is 24.2 Å². The van der Waals surface area contributed by atoms with E-state index in [9.17, 15) is 20.0 Å². The zero-order valence-corrected chi connectivity index (χ0v) is 12.8. The molecular formula is C15H22N2O4. The normalized spacial score (nSPS) is 13.8. The van der Waals surface area contributed by atoms with Crippen molar-refractivity contribution in [3.05, 3.63) is 39.4 Å². The zero-order valence-electron chi connectivity index (χ0n) is 12.8. The van der Waals surface area contributed by atoms with Crippen molar-refractivity contribution in [2.75, 3.05) is 6.54 Å². The Morgan fingerprint density at radius 2 is 2.05 bits per heavy atom. The van der Waals surface area contributed by atoms with Crippen LogP contribution >= 0.6 is 0 Å². The highest BCUT2D eigenvalue weighted by atomic mass is 16.6. The first-order valence-electron chi connectivity index (χ1n) is 6.87. The molecule has 1 aromatic rings. The molecule has 1 rings (SSSR count). The summed E-state index contributed by atoms with van der Waals surface area (Å²) in [6.07, 6.45) is 0.557. The second-order valence-corrected chi connectivity index (χ2v) is 6.09. The zero-order chi connectivity index (χ0) is 16.2. The first-order valence-corrected chi connectivity index (χ1v) is 6.87. The molecule has 1 aromatic carbocycles. The number of aliphatic hydroxyl groups is 1. The highest BCUT2D eigenvalue weighted by Crippen LogP contribution is 2.18. The van der Waals surface area contributed by atoms with Crippen LogP contribution in [-0.2, 0) is 0 Å². The minimum absolute atomic E-state index is 0.103. The van der Waals surface area contributed by atoms with E-state index in [1.807, 2.05) is 13.8 Å². The Kier molecular flexibility index (Phi) is 5.43. The fourth-order valence-corrected chi connectivity index (χ4v) is 2.32. The van der Waals surface area contributed by atoms with E-state index in [4.69, 9.17) is 0 Å². The molecule has 2 N–H and O–H groups in total. The van der Waals surface area contributed by atoms with Gasteiger partial charge >= 0.3 is 0 Å². The van der Waals surface area contributed by atoms with Gasteiger partial charge in [-0.25, -0.2) is 0 Å². The Morgan fingerprint density at radius 1 is 1.43 bits per heavy atom. The third-order valence-electron chi connectivity index (χ3n) is 3.01. The predicted molar refractivity (Wildman–Crippen MR) is 80.2 cm³/mol. The average molecular weight is 294 g/mol. The van der Waals surface area contributed by atoms with E-state index in [2.05, 4.69) is 5.32 Å². The Morgan fingerprint density at radius 3 is 2.57 bits per heavy atom. The standard InChI is InChI=1S/C15H22N2O4/c1-10(2)8-15(4,19)9-16-14(18)12-5-11(3)6-13(7-12)17(20)21/h5-7,10,19H,8-9H2,1-4H3,(H,16,18). The van der Waals surface area contributed by atoms with E-state index < -0.39 is 16.4 Å². The van der Waals surface area contributed by atoms with E-state index in [0.29, 0.717) is 17.9 Å². The molecule has 0 saturated heterocycles. The third-order valence-corrected chi connectivity index (χ3v) is 3.01. The molecular weight excluding hydrogens is 272 g/mol. The van der Waals surface area contributed by atoms with Gasteiger partial charge in [-0.3, -0.25) is 14.9 Å². The Balaban J connectivity index is 2.79. The molecule has 116 valence electrons. The highest BCUT2D eigenvalue weighted by molar-refractivity contribution is 5.95. The van der Waals surface area contributed by atoms with E-state index in [1.165, 1.54) is 12.1 Å². The van der Waals surface area contributed by atoms with Crippen molar-refractivity contribution in [2.45, 2.75) is 39.7 Å². The molecule has 0 spiro atoms. The molecule has 21 heavy (non-hydrogen) atoms. The number of rotatable bonds is 6. The van der Waals surface area contributed by atoms with Gasteiger partial charge in [0.1, 0.15) is 0 Å². The lowest BCUT2D eigenvalue weighted by Crippen LogP contribution is -2.41. The van der Waals surface area contributed by atoms with E-state index in [0.717, 1.165) is 0 Å². The predicted octanol–water partition coefficient (Wildman–Crippen LogP) is 2.43. The highest BCUT2D eigenvalue weighted by Gasteiger charge is 2.23. The number of nitrogens with one attached hydrogen (secondary N) is 1. The molecule has 0 aromatic heterocycles. The molecule has 0 aliphatic heterocycles. The summed E-state index contributed by atoms with van der Waals surface area (Å²) in [6.45, 7) is 7.43. The molecule has 0 bridgehead atoms. The number of nitro groups is 1. The molecule has 6 heteroatoms. The van der Waals surface area contributed by atoms with Gasteiger partial charge in [-0.15, -0.1) is 0 Å². The number of carbonyl (C=O) groups is 1. The SMILES string of the molecule is Cc1cc(C(=O)NCC(C)(O)CC(C)C)cc([N+](=O)[O-])c1. The van der Waals surface area contributed by atoms with Gasteiger partial charge in [0.15, 0.2) is 0 Å². The lowest BCUT2D eigenvalue weighted by atomic mass is 9.94. The summed E-state index contributed by atoms with van der Waals surface area (Å²) >= 11 is 0. The molecule has 1 amide bonds. The third kappa shape index (κ3) is 5.51. The molecule has 0 radical (unpaired) electrons. The van der Waals surface area contributed by atoms with Crippen molar-refractivity contribution in [2.24, 2.45) is 5.92 Å². The number of amides is 1. The van der Waals surface area contributed by atoms with Crippen LogP contribution in [0.5, 0.6) is 0 Å². The van der Waals surface area contributed by atoms with Gasteiger partial charge in [0.05, 0.1) is 10.5 Å². The van der Waals surface area contributed by atoms with Gasteiger partial charge in [-0.2, -0.15) is 0 Å². The number of hydrogen-bond donors (Lipinski definition) is 2. The van der Waals surface area contributed by atoms with Crippen LogP contribution in [0.1, 0.15) is 43.1 Å². The molecule has 1 atom stereocenters. The number of carbonyl (C=O) groups excluding carboxylic acids is 1. The van der Waals surface area contributed by atoms with Crippen molar-refractivity contribution in [1.29, 1.82) is 0 Å². The van der Waals surface area contributed by atoms with Crippen LogP contribution in [0.2, 0.25) is 0 Å². The van der Waals surface area contributed by atoms with Crippen LogP contribution in [0.3, 0.4) is 0 Å². The summed E-state index contributed by atoms with van der Waals surface area (Å²) in [7, 11) is 0. The molecule has 0 aliphatic rings. The summed E-state index contributed by atoms with van der Waals surface area (Å²) in [4.78, 5) is 22.3. The minimum Gasteiger partial charge on any atom is -0.388 e. The Labute approximate surface area is 124 Å². The van der Waals surface area contributed by atoms with Gasteiger partial charge in [0.25, 0.3) is 11.6 Å². The van der Waals surface area contributed by atoms with Gasteiger partial charge in [-0.1, -0.05) is 13.8 Å². The van der Waals surface area contributed by atoms with Gasteiger partial charge in [-0.05, 0) is 37.8 Å². The molecule has 0 aliphatic carbocycles. The Hall–Kier alpha value is -1.95. The van der Waals surface area contributed by atoms with Crippen molar-refractivity contribution < 1.29 is 14.8 Å². The molecule has 0 saturated carbocycles. The number of aryl methyl sites for hydroxylation is 1. The van der Waals surface area contributed by atoms with Crippen molar-refractivity contribution in [1.82, 2.24) is 5.32 Å². The first kappa shape index (κ1) is 17.1. The van der Waals surface area contributed by atoms with Gasteiger partial charge < -0.3 is 10.4 Å². The van der Waals surface area contributed by atoms with Crippen LogP contribution in [0.4, 0.5) is 5.69 Å². The summed E-state index contributed by atoms with van der Waals surface area (Å²) in [5.74, 6) is -0.122. The summed E-state index contributed by atoms with van der Waals surface area (Å²) in [5, 5.41) is 23.6. The molecule has 1 unspecified atom stereocenters. The number of hydrogen-bond acceptors (Lipinski definition) is 4. The first-order chi connectivity index (χ1) is 9.60. The van der Waals surface area contributed by atoms with Crippen LogP contribution in [0.15, 0.2) is 18.2 Å². The Bertz CT molecular complexity index is 538. The van der Waals surface area contributed by atoms with E-state index in [-0.39, 0.29) is 17.8 Å². The lowest BCUT2D eigenvalue weighted by Gasteiger charge is -2.25. The smallest absolute Gasteiger partial charge is 0.270 e. The van der Waals surface area contributed by atoms with Crippen LogP contribution in [0, 0.1) is 23.0 Å². The van der Waals surface area contributed by atoms with Crippen LogP contribution < -0.4 is 5.32 Å². The van der Waals surface area contributed by atoms with Crippen LogP contribution in [0.25, 0.3) is 0 Å². The van der Waals surface area contributed by atoms with Crippen molar-refractivity contribution in [3.8, 4) is 0 Å². The fraction of sp³-hybridized carbons (Fsp3) is 0.533. The average Bonchev–Trinajstić information content (AvgIpc) is 2.33. The quantitative estimate of drug-likeness (QED) is 0.622. The molecule has 0 heterocycles. The van der Waals surface area contributed by atoms with E-state index in [1.54, 1.807) is 19.9 Å². The number of nitro benzene ring substituents is 1. The molecule has 0 fully saturated rings. The second-order valence-electron chi connectivity index (χ2n) is 6.09. The van der Waals surface area contributed by atoms with E-state index >= 15 is 0 Å². The van der Waals surface area contributed by atoms with Gasteiger partial charge in [0.2, 0.25) is 0 Å². The van der Waals surface area contributed by atoms with Crippen LogP contribution in [-0.4, -0.2) is 28.1 Å². The maximum Gasteiger partial charge on any atom is 0.270 e. The van der Waals surface area contributed by atoms with Crippen molar-refractivity contribution in [3.63, 3.8) is 0 Å². The monoisotopic (exact) mass is 294 g/mol. The summed E-state index contributed by atoms with van der Waals surface area (Å²) in [5.41, 5.74) is -0.251. The second kappa shape index (κ2) is 6.67. The van der Waals surface area contributed by atoms with Crippen molar-refractivity contribution >= 4 is 11.6 Å². The topological polar surface area (TPSA) is 92.5 Å². The molecule has 6 nitrogen and oxygen atoms in total. The minimum atomic E-state index is -1.00. The number of nitrogens with zero attached hydrogens (tertiary/aromatic N) is 1. The maximum absolute atomic E-state index is 12.1. The number of non-ortho nitro benzene ring substituents is 1. The largest absolute Gasteiger partial charge is 0.388 e. The lowest BCUT2D eigenvalue weighted by molar-refractivity contribution is -0.384. The summed E-state index contributed by atoms with van der Waals surface area (Å²) < 4.78 is 0. The maximum atomic E-state index is 12.1. The summed E-state index contributed by atoms with van der Waals surface area (Å²) in [6, 6.07) is 4.23.